The highest BCUT2D eigenvalue weighted by atomic mass is 32.2. The van der Waals surface area contributed by atoms with Crippen molar-refractivity contribution in [2.24, 2.45) is 5.14 Å². The van der Waals surface area contributed by atoms with Crippen molar-refractivity contribution in [1.82, 2.24) is 0 Å². The van der Waals surface area contributed by atoms with Gasteiger partial charge in [-0.1, -0.05) is 51.1 Å². The molecule has 0 heterocycles. The molecule has 0 aliphatic heterocycles. The van der Waals surface area contributed by atoms with Crippen molar-refractivity contribution in [3.05, 3.63) is 83.9 Å². The van der Waals surface area contributed by atoms with Crippen molar-refractivity contribution in [3.8, 4) is 0 Å². The summed E-state index contributed by atoms with van der Waals surface area (Å²) in [5, 5.41) is 7.81. The normalized spacial score (nSPS) is 12.2. The van der Waals surface area contributed by atoms with Gasteiger partial charge < -0.3 is 5.32 Å². The molecule has 0 bridgehead atoms. The molecule has 0 saturated heterocycles. The number of carbonyl (C=O) groups is 1. The zero-order valence-corrected chi connectivity index (χ0v) is 20.0. The van der Waals surface area contributed by atoms with Crippen LogP contribution in [-0.2, 0) is 25.5 Å². The Labute approximate surface area is 193 Å². The number of hydrogen-bond donors (Lipinski definition) is 3. The van der Waals surface area contributed by atoms with Crippen LogP contribution >= 0.6 is 0 Å². The first kappa shape index (κ1) is 24.4. The lowest BCUT2D eigenvalue weighted by molar-refractivity contribution is 0.102. The second-order valence-corrected chi connectivity index (χ2v) is 11.7. The number of nitrogens with one attached hydrogen (secondary N) is 2. The molecule has 3 rings (SSSR count). The van der Waals surface area contributed by atoms with Crippen LogP contribution in [0.2, 0.25) is 0 Å². The standard InChI is InChI=1S/C23H25N3O5S2/c1-23(2,3)17-12-13-20(25-22(27)16-8-5-4-6-9-16)21(14-17)33(30,31)26-18-10-7-11-19(15-18)32(24,28)29/h4-15,26H,1-3H3,(H,25,27)(H2,24,28,29). The fourth-order valence-corrected chi connectivity index (χ4v) is 4.84. The molecule has 0 aliphatic carbocycles. The summed E-state index contributed by atoms with van der Waals surface area (Å²) in [6.45, 7) is 5.80. The molecular weight excluding hydrogens is 462 g/mol. The Bertz CT molecular complexity index is 1400. The van der Waals surface area contributed by atoms with Gasteiger partial charge in [0, 0.05) is 5.56 Å². The monoisotopic (exact) mass is 487 g/mol. The quantitative estimate of drug-likeness (QED) is 0.487. The topological polar surface area (TPSA) is 135 Å². The smallest absolute Gasteiger partial charge is 0.263 e. The average molecular weight is 488 g/mol. The molecule has 3 aromatic carbocycles. The number of rotatable bonds is 6. The van der Waals surface area contributed by atoms with E-state index in [9.17, 15) is 21.6 Å². The average Bonchev–Trinajstić information content (AvgIpc) is 2.73. The van der Waals surface area contributed by atoms with Gasteiger partial charge in [0.15, 0.2) is 0 Å². The van der Waals surface area contributed by atoms with E-state index in [2.05, 4.69) is 10.0 Å². The van der Waals surface area contributed by atoms with Crippen LogP contribution in [0, 0.1) is 0 Å². The van der Waals surface area contributed by atoms with E-state index in [1.807, 2.05) is 20.8 Å². The number of carbonyl (C=O) groups excluding carboxylic acids is 1. The molecule has 0 aromatic heterocycles. The number of anilines is 2. The summed E-state index contributed by atoms with van der Waals surface area (Å²) in [5.41, 5.74) is 0.850. The summed E-state index contributed by atoms with van der Waals surface area (Å²) in [5.74, 6) is -0.466. The van der Waals surface area contributed by atoms with Crippen LogP contribution in [0.1, 0.15) is 36.7 Å². The second-order valence-electron chi connectivity index (χ2n) is 8.46. The largest absolute Gasteiger partial charge is 0.321 e. The van der Waals surface area contributed by atoms with Crippen LogP contribution in [0.3, 0.4) is 0 Å². The van der Waals surface area contributed by atoms with Gasteiger partial charge >= 0.3 is 0 Å². The molecular formula is C23H25N3O5S2. The molecule has 0 saturated carbocycles. The molecule has 0 unspecified atom stereocenters. The van der Waals surface area contributed by atoms with Gasteiger partial charge in [0.25, 0.3) is 15.9 Å². The fourth-order valence-electron chi connectivity index (χ4n) is 3.05. The number of amides is 1. The second kappa shape index (κ2) is 8.97. The molecule has 0 aliphatic rings. The van der Waals surface area contributed by atoms with Gasteiger partial charge in [-0.05, 0) is 53.4 Å². The highest BCUT2D eigenvalue weighted by Crippen LogP contribution is 2.31. The van der Waals surface area contributed by atoms with Gasteiger partial charge in [0.1, 0.15) is 4.90 Å². The molecule has 0 spiro atoms. The number of primary sulfonamides is 1. The highest BCUT2D eigenvalue weighted by Gasteiger charge is 2.24. The van der Waals surface area contributed by atoms with Crippen LogP contribution in [0.15, 0.2) is 82.6 Å². The lowest BCUT2D eigenvalue weighted by atomic mass is 9.87. The van der Waals surface area contributed by atoms with E-state index in [-0.39, 0.29) is 26.6 Å². The Morgan fingerprint density at radius 1 is 0.848 bits per heavy atom. The van der Waals surface area contributed by atoms with E-state index in [1.165, 1.54) is 30.3 Å². The van der Waals surface area contributed by atoms with Crippen molar-refractivity contribution in [2.45, 2.75) is 36.0 Å². The van der Waals surface area contributed by atoms with Gasteiger partial charge in [-0.15, -0.1) is 0 Å². The fraction of sp³-hybridized carbons (Fsp3) is 0.174. The lowest BCUT2D eigenvalue weighted by Gasteiger charge is -2.22. The molecule has 0 atom stereocenters. The summed E-state index contributed by atoms with van der Waals surface area (Å²) in [6, 6.07) is 18.4. The predicted octanol–water partition coefficient (Wildman–Crippen LogP) is 3.68. The van der Waals surface area contributed by atoms with Gasteiger partial charge in [0.05, 0.1) is 16.3 Å². The molecule has 1 amide bonds. The summed E-state index contributed by atoms with van der Waals surface area (Å²) < 4.78 is 52.3. The zero-order valence-electron chi connectivity index (χ0n) is 18.4. The van der Waals surface area contributed by atoms with Crippen LogP contribution < -0.4 is 15.2 Å². The predicted molar refractivity (Wildman–Crippen MR) is 128 cm³/mol. The molecule has 0 fully saturated rings. The molecule has 33 heavy (non-hydrogen) atoms. The molecule has 0 radical (unpaired) electrons. The highest BCUT2D eigenvalue weighted by molar-refractivity contribution is 7.93. The Kier molecular flexibility index (Phi) is 6.64. The number of benzene rings is 3. The third-order valence-corrected chi connectivity index (χ3v) is 7.17. The van der Waals surface area contributed by atoms with E-state index in [0.717, 1.165) is 11.6 Å². The van der Waals surface area contributed by atoms with Crippen LogP contribution in [0.25, 0.3) is 0 Å². The first-order chi connectivity index (χ1) is 15.3. The van der Waals surface area contributed by atoms with E-state index in [4.69, 9.17) is 5.14 Å². The van der Waals surface area contributed by atoms with E-state index < -0.39 is 26.0 Å². The van der Waals surface area contributed by atoms with Gasteiger partial charge in [-0.2, -0.15) is 0 Å². The minimum atomic E-state index is -4.22. The molecule has 10 heteroatoms. The Balaban J connectivity index is 2.05. The van der Waals surface area contributed by atoms with E-state index in [0.29, 0.717) is 5.56 Å². The van der Waals surface area contributed by atoms with Crippen LogP contribution in [-0.4, -0.2) is 22.7 Å². The van der Waals surface area contributed by atoms with Gasteiger partial charge in [-0.3, -0.25) is 9.52 Å². The molecule has 3 aromatic rings. The summed E-state index contributed by atoms with van der Waals surface area (Å²) in [7, 11) is -8.24. The third kappa shape index (κ3) is 5.98. The molecule has 4 N–H and O–H groups in total. The van der Waals surface area contributed by atoms with Gasteiger partial charge in [0.2, 0.25) is 10.0 Å². The first-order valence-corrected chi connectivity index (χ1v) is 13.0. The minimum Gasteiger partial charge on any atom is -0.321 e. The van der Waals surface area contributed by atoms with Crippen molar-refractivity contribution in [3.63, 3.8) is 0 Å². The summed E-state index contributed by atoms with van der Waals surface area (Å²) in [6.07, 6.45) is 0. The first-order valence-electron chi connectivity index (χ1n) is 9.94. The third-order valence-electron chi connectivity index (χ3n) is 4.84. The molecule has 8 nitrogen and oxygen atoms in total. The minimum absolute atomic E-state index is 0.0167. The Morgan fingerprint density at radius 3 is 2.12 bits per heavy atom. The van der Waals surface area contributed by atoms with E-state index >= 15 is 0 Å². The van der Waals surface area contributed by atoms with Crippen LogP contribution in [0.4, 0.5) is 11.4 Å². The zero-order chi connectivity index (χ0) is 24.4. The maximum atomic E-state index is 13.3. The van der Waals surface area contributed by atoms with Crippen molar-refractivity contribution in [2.75, 3.05) is 10.0 Å². The number of hydrogen-bond acceptors (Lipinski definition) is 5. The van der Waals surface area contributed by atoms with Gasteiger partial charge in [-0.25, -0.2) is 22.0 Å². The summed E-state index contributed by atoms with van der Waals surface area (Å²) >= 11 is 0. The Hall–Kier alpha value is -3.21. The van der Waals surface area contributed by atoms with E-state index in [1.54, 1.807) is 36.4 Å². The van der Waals surface area contributed by atoms with Crippen molar-refractivity contribution in [1.29, 1.82) is 0 Å². The SMILES string of the molecule is CC(C)(C)c1ccc(NC(=O)c2ccccc2)c(S(=O)(=O)Nc2cccc(S(N)(=O)=O)c2)c1. The Morgan fingerprint density at radius 2 is 1.52 bits per heavy atom. The number of nitrogens with two attached hydrogens (primary N) is 1. The molecule has 174 valence electrons. The van der Waals surface area contributed by atoms with Crippen molar-refractivity contribution < 1.29 is 21.6 Å². The van der Waals surface area contributed by atoms with Crippen LogP contribution in [0.5, 0.6) is 0 Å². The maximum absolute atomic E-state index is 13.3. The van der Waals surface area contributed by atoms with Crippen molar-refractivity contribution >= 4 is 37.3 Å². The summed E-state index contributed by atoms with van der Waals surface area (Å²) in [4.78, 5) is 12.3. The lowest BCUT2D eigenvalue weighted by Crippen LogP contribution is -2.20. The number of sulfonamides is 2. The maximum Gasteiger partial charge on any atom is 0.263 e.